The first-order valence-electron chi connectivity index (χ1n) is 7.84. The summed E-state index contributed by atoms with van der Waals surface area (Å²) in [5.41, 5.74) is 0.220. The highest BCUT2D eigenvalue weighted by Gasteiger charge is 2.34. The maximum atomic E-state index is 12.8. The van der Waals surface area contributed by atoms with Crippen molar-refractivity contribution in [2.45, 2.75) is 32.7 Å². The zero-order valence-corrected chi connectivity index (χ0v) is 16.3. The predicted octanol–water partition coefficient (Wildman–Crippen LogP) is 3.41. The fourth-order valence-electron chi connectivity index (χ4n) is 3.08. The van der Waals surface area contributed by atoms with Crippen LogP contribution in [-0.2, 0) is 14.8 Å². The Balaban J connectivity index is 2.38. The molecule has 0 aromatic heterocycles. The van der Waals surface area contributed by atoms with Crippen molar-refractivity contribution in [3.63, 3.8) is 0 Å². The summed E-state index contributed by atoms with van der Waals surface area (Å²) >= 11 is 12.2. The van der Waals surface area contributed by atoms with Crippen molar-refractivity contribution >= 4 is 44.8 Å². The average molecular weight is 393 g/mol. The van der Waals surface area contributed by atoms with Gasteiger partial charge in [-0.2, -0.15) is 0 Å². The maximum Gasteiger partial charge on any atom is 0.246 e. The molecule has 1 amide bonds. The Morgan fingerprint density at radius 2 is 2.04 bits per heavy atom. The molecule has 5 nitrogen and oxygen atoms in total. The SMILES string of the molecule is C[C@H]1CCCN(C(=O)[C@@H](C)N(c2cc(Cl)ccc2Cl)S(C)(=O)=O)C1. The molecule has 0 saturated carbocycles. The summed E-state index contributed by atoms with van der Waals surface area (Å²) in [7, 11) is -3.71. The lowest BCUT2D eigenvalue weighted by molar-refractivity contribution is -0.133. The molecule has 1 heterocycles. The number of halogens is 2. The maximum absolute atomic E-state index is 12.8. The fourth-order valence-corrected chi connectivity index (χ4v) is 4.68. The van der Waals surface area contributed by atoms with Gasteiger partial charge in [-0.15, -0.1) is 0 Å². The fraction of sp³-hybridized carbons (Fsp3) is 0.562. The van der Waals surface area contributed by atoms with E-state index in [-0.39, 0.29) is 16.6 Å². The zero-order valence-electron chi connectivity index (χ0n) is 14.0. The Bertz CT molecular complexity index is 724. The van der Waals surface area contributed by atoms with Crippen molar-refractivity contribution < 1.29 is 13.2 Å². The van der Waals surface area contributed by atoms with Gasteiger partial charge in [0.05, 0.1) is 17.0 Å². The van der Waals surface area contributed by atoms with Gasteiger partial charge in [-0.1, -0.05) is 30.1 Å². The van der Waals surface area contributed by atoms with E-state index >= 15 is 0 Å². The van der Waals surface area contributed by atoms with Crippen LogP contribution in [0.2, 0.25) is 10.0 Å². The number of amides is 1. The first-order chi connectivity index (χ1) is 11.1. The van der Waals surface area contributed by atoms with Gasteiger partial charge in [-0.3, -0.25) is 9.10 Å². The zero-order chi connectivity index (χ0) is 18.1. The van der Waals surface area contributed by atoms with Gasteiger partial charge in [0.25, 0.3) is 0 Å². The number of hydrogen-bond acceptors (Lipinski definition) is 3. The van der Waals surface area contributed by atoms with Crippen LogP contribution in [0.3, 0.4) is 0 Å². The smallest absolute Gasteiger partial charge is 0.246 e. The molecule has 1 aliphatic rings. The van der Waals surface area contributed by atoms with E-state index < -0.39 is 16.1 Å². The van der Waals surface area contributed by atoms with Gasteiger partial charge in [0.15, 0.2) is 0 Å². The number of carbonyl (C=O) groups is 1. The number of nitrogens with zero attached hydrogens (tertiary/aromatic N) is 2. The van der Waals surface area contributed by atoms with Gasteiger partial charge in [0.1, 0.15) is 6.04 Å². The summed E-state index contributed by atoms with van der Waals surface area (Å²) in [5, 5.41) is 0.589. The minimum Gasteiger partial charge on any atom is -0.341 e. The van der Waals surface area contributed by atoms with E-state index in [4.69, 9.17) is 23.2 Å². The molecule has 0 aliphatic carbocycles. The number of anilines is 1. The third-order valence-electron chi connectivity index (χ3n) is 4.18. The van der Waals surface area contributed by atoms with Crippen LogP contribution in [0.25, 0.3) is 0 Å². The van der Waals surface area contributed by atoms with Crippen LogP contribution >= 0.6 is 23.2 Å². The van der Waals surface area contributed by atoms with Crippen molar-refractivity contribution in [1.82, 2.24) is 4.90 Å². The molecule has 1 saturated heterocycles. The summed E-state index contributed by atoms with van der Waals surface area (Å²) in [6.07, 6.45) is 3.07. The van der Waals surface area contributed by atoms with Crippen molar-refractivity contribution in [2.24, 2.45) is 5.92 Å². The lowest BCUT2D eigenvalue weighted by atomic mass is 10.00. The number of benzene rings is 1. The molecule has 0 radical (unpaired) electrons. The molecular weight excluding hydrogens is 371 g/mol. The number of carbonyl (C=O) groups excluding carboxylic acids is 1. The van der Waals surface area contributed by atoms with Crippen LogP contribution in [-0.4, -0.2) is 44.6 Å². The first kappa shape index (κ1) is 19.3. The van der Waals surface area contributed by atoms with Crippen LogP contribution in [0, 0.1) is 5.92 Å². The first-order valence-corrected chi connectivity index (χ1v) is 10.4. The van der Waals surface area contributed by atoms with Crippen LogP contribution in [0.1, 0.15) is 26.7 Å². The van der Waals surface area contributed by atoms with Gasteiger partial charge in [-0.05, 0) is 43.9 Å². The second-order valence-electron chi connectivity index (χ2n) is 6.36. The number of sulfonamides is 1. The number of likely N-dealkylation sites (tertiary alicyclic amines) is 1. The van der Waals surface area contributed by atoms with Gasteiger partial charge in [-0.25, -0.2) is 8.42 Å². The van der Waals surface area contributed by atoms with Crippen LogP contribution in [0.5, 0.6) is 0 Å². The lowest BCUT2D eigenvalue weighted by Gasteiger charge is -2.36. The Hall–Kier alpha value is -0.980. The Kier molecular flexibility index (Phi) is 6.04. The Morgan fingerprint density at radius 1 is 1.38 bits per heavy atom. The highest BCUT2D eigenvalue weighted by Crippen LogP contribution is 2.32. The van der Waals surface area contributed by atoms with Crippen LogP contribution < -0.4 is 4.31 Å². The highest BCUT2D eigenvalue weighted by atomic mass is 35.5. The molecule has 1 fully saturated rings. The number of piperidine rings is 1. The highest BCUT2D eigenvalue weighted by molar-refractivity contribution is 7.92. The van der Waals surface area contributed by atoms with Crippen molar-refractivity contribution in [1.29, 1.82) is 0 Å². The van der Waals surface area contributed by atoms with Crippen molar-refractivity contribution in [2.75, 3.05) is 23.7 Å². The normalized spacial score (nSPS) is 19.9. The van der Waals surface area contributed by atoms with E-state index in [0.717, 1.165) is 23.4 Å². The minimum atomic E-state index is -3.71. The van der Waals surface area contributed by atoms with Gasteiger partial charge in [0, 0.05) is 18.1 Å². The molecular formula is C16H22Cl2N2O3S. The lowest BCUT2D eigenvalue weighted by Crippen LogP contribution is -2.51. The average Bonchev–Trinajstić information content (AvgIpc) is 2.48. The summed E-state index contributed by atoms with van der Waals surface area (Å²) in [4.78, 5) is 14.6. The Morgan fingerprint density at radius 3 is 2.62 bits per heavy atom. The molecule has 0 unspecified atom stereocenters. The standard InChI is InChI=1S/C16H22Cl2N2O3S/c1-11-5-4-8-19(10-11)16(21)12(2)20(24(3,22)23)15-9-13(17)6-7-14(15)18/h6-7,9,11-12H,4-5,8,10H2,1-3H3/t11-,12+/m0/s1. The molecule has 24 heavy (non-hydrogen) atoms. The summed E-state index contributed by atoms with van der Waals surface area (Å²) in [6.45, 7) is 4.96. The van der Waals surface area contributed by atoms with Crippen LogP contribution in [0.15, 0.2) is 18.2 Å². The minimum absolute atomic E-state index is 0.219. The van der Waals surface area contributed by atoms with E-state index in [9.17, 15) is 13.2 Å². The molecule has 8 heteroatoms. The summed E-state index contributed by atoms with van der Waals surface area (Å²) in [6, 6.07) is 3.68. The monoisotopic (exact) mass is 392 g/mol. The molecule has 1 aromatic carbocycles. The molecule has 0 bridgehead atoms. The quantitative estimate of drug-likeness (QED) is 0.788. The predicted molar refractivity (Wildman–Crippen MR) is 98.2 cm³/mol. The number of rotatable bonds is 4. The second kappa shape index (κ2) is 7.50. The van der Waals surface area contributed by atoms with E-state index in [0.29, 0.717) is 24.0 Å². The molecule has 0 N–H and O–H groups in total. The molecule has 2 rings (SSSR count). The van der Waals surface area contributed by atoms with E-state index in [1.54, 1.807) is 17.9 Å². The molecule has 0 spiro atoms. The van der Waals surface area contributed by atoms with Gasteiger partial charge < -0.3 is 4.90 Å². The van der Waals surface area contributed by atoms with Gasteiger partial charge in [0.2, 0.25) is 15.9 Å². The van der Waals surface area contributed by atoms with E-state index in [2.05, 4.69) is 6.92 Å². The Labute approximate surface area is 153 Å². The topological polar surface area (TPSA) is 57.7 Å². The second-order valence-corrected chi connectivity index (χ2v) is 9.07. The number of hydrogen-bond donors (Lipinski definition) is 0. The molecule has 1 aliphatic heterocycles. The largest absolute Gasteiger partial charge is 0.341 e. The summed E-state index contributed by atoms with van der Waals surface area (Å²) < 4.78 is 25.7. The summed E-state index contributed by atoms with van der Waals surface area (Å²) in [5.74, 6) is 0.194. The third-order valence-corrected chi connectivity index (χ3v) is 5.96. The van der Waals surface area contributed by atoms with E-state index in [1.165, 1.54) is 12.1 Å². The van der Waals surface area contributed by atoms with Crippen molar-refractivity contribution in [3.8, 4) is 0 Å². The van der Waals surface area contributed by atoms with E-state index in [1.807, 2.05) is 0 Å². The van der Waals surface area contributed by atoms with Gasteiger partial charge >= 0.3 is 0 Å². The van der Waals surface area contributed by atoms with Crippen molar-refractivity contribution in [3.05, 3.63) is 28.2 Å². The molecule has 1 aromatic rings. The molecule has 2 atom stereocenters. The molecule has 134 valence electrons. The van der Waals surface area contributed by atoms with Crippen LogP contribution in [0.4, 0.5) is 5.69 Å². The third kappa shape index (κ3) is 4.35.